The maximum absolute atomic E-state index is 12.9. The van der Waals surface area contributed by atoms with Gasteiger partial charge in [-0.15, -0.1) is 11.3 Å². The molecule has 1 aliphatic heterocycles. The van der Waals surface area contributed by atoms with Crippen molar-refractivity contribution < 1.29 is 19.1 Å². The van der Waals surface area contributed by atoms with E-state index in [1.54, 1.807) is 39.0 Å². The summed E-state index contributed by atoms with van der Waals surface area (Å²) in [6.07, 6.45) is 1.33. The molecule has 0 aliphatic carbocycles. The molecule has 1 aromatic heterocycles. The molecule has 2 atom stereocenters. The van der Waals surface area contributed by atoms with Crippen LogP contribution in [0, 0.1) is 0 Å². The number of likely N-dealkylation sites (tertiary alicyclic amines) is 1. The van der Waals surface area contributed by atoms with Crippen molar-refractivity contribution in [2.24, 2.45) is 0 Å². The number of hydrogen-bond donors (Lipinski definition) is 0. The maximum atomic E-state index is 12.9. The fourth-order valence-corrected chi connectivity index (χ4v) is 6.91. The van der Waals surface area contributed by atoms with Gasteiger partial charge in [0.25, 0.3) is 5.91 Å². The van der Waals surface area contributed by atoms with Crippen molar-refractivity contribution in [2.45, 2.75) is 56.0 Å². The van der Waals surface area contributed by atoms with Gasteiger partial charge in [0.05, 0.1) is 15.8 Å². The number of carbonyl (C=O) groups excluding carboxylic acids is 3. The predicted octanol–water partition coefficient (Wildman–Crippen LogP) is 5.01. The third kappa shape index (κ3) is 5.39. The predicted molar refractivity (Wildman–Crippen MR) is 127 cm³/mol. The number of thiazole rings is 1. The molecule has 6 nitrogen and oxygen atoms in total. The van der Waals surface area contributed by atoms with Crippen molar-refractivity contribution in [1.29, 1.82) is 0 Å². The lowest BCUT2D eigenvalue weighted by molar-refractivity contribution is -0.164. The van der Waals surface area contributed by atoms with Crippen LogP contribution in [0.5, 0.6) is 0 Å². The number of esters is 1. The number of allylic oxidation sites excluding steroid dienone is 1. The van der Waals surface area contributed by atoms with E-state index < -0.39 is 23.0 Å². The molecule has 0 bridgehead atoms. The Balaban J connectivity index is 1.86. The van der Waals surface area contributed by atoms with Crippen LogP contribution in [0.3, 0.4) is 0 Å². The van der Waals surface area contributed by atoms with Gasteiger partial charge in [-0.05, 0) is 69.2 Å². The van der Waals surface area contributed by atoms with Gasteiger partial charge in [0.2, 0.25) is 0 Å². The van der Waals surface area contributed by atoms with Crippen molar-refractivity contribution in [3.8, 4) is 0 Å². The van der Waals surface area contributed by atoms with E-state index in [0.717, 1.165) is 14.6 Å². The largest absolute Gasteiger partial charge is 0.458 e. The molecule has 1 saturated heterocycles. The first-order valence-corrected chi connectivity index (χ1v) is 12.6. The minimum Gasteiger partial charge on any atom is -0.458 e. The van der Waals surface area contributed by atoms with Crippen LogP contribution in [0.1, 0.15) is 34.6 Å². The molecule has 31 heavy (non-hydrogen) atoms. The number of β-lactam (4-membered cyclic amide) rings is 1. The Kier molecular flexibility index (Phi) is 6.98. The van der Waals surface area contributed by atoms with Gasteiger partial charge in [-0.3, -0.25) is 9.59 Å². The average Bonchev–Trinajstić information content (AvgIpc) is 3.06. The van der Waals surface area contributed by atoms with Crippen molar-refractivity contribution in [2.75, 3.05) is 0 Å². The number of hydrogen-bond acceptors (Lipinski definition) is 8. The van der Waals surface area contributed by atoms with Gasteiger partial charge in [0.1, 0.15) is 11.0 Å². The number of carbonyl (C=O) groups is 3. The molecule has 164 valence electrons. The average molecular weight is 477 g/mol. The number of para-hydroxylation sites is 1. The highest BCUT2D eigenvalue weighted by molar-refractivity contribution is 8.77. The van der Waals surface area contributed by atoms with Crippen molar-refractivity contribution in [3.05, 3.63) is 48.1 Å². The zero-order valence-electron chi connectivity index (χ0n) is 18.0. The van der Waals surface area contributed by atoms with E-state index in [4.69, 9.17) is 4.74 Å². The van der Waals surface area contributed by atoms with Crippen LogP contribution in [0.2, 0.25) is 0 Å². The van der Waals surface area contributed by atoms with E-state index >= 15 is 0 Å². The summed E-state index contributed by atoms with van der Waals surface area (Å²) in [5.41, 5.74) is 1.07. The first-order chi connectivity index (χ1) is 14.5. The van der Waals surface area contributed by atoms with Crippen LogP contribution in [0.15, 0.2) is 52.4 Å². The van der Waals surface area contributed by atoms with E-state index in [9.17, 15) is 14.4 Å². The number of aromatic nitrogens is 1. The van der Waals surface area contributed by atoms with Gasteiger partial charge in [0.15, 0.2) is 16.2 Å². The summed E-state index contributed by atoms with van der Waals surface area (Å²) in [7, 11) is 2.79. The molecule has 0 N–H and O–H groups in total. The third-order valence-corrected chi connectivity index (χ3v) is 8.17. The van der Waals surface area contributed by atoms with Gasteiger partial charge in [-0.1, -0.05) is 29.5 Å². The number of ether oxygens (including phenoxy) is 1. The number of amides is 1. The van der Waals surface area contributed by atoms with Gasteiger partial charge in [0, 0.05) is 0 Å². The summed E-state index contributed by atoms with van der Waals surface area (Å²) >= 11 is 1.55. The van der Waals surface area contributed by atoms with Gasteiger partial charge in [-0.2, -0.15) is 0 Å². The second-order valence-electron chi connectivity index (χ2n) is 8.18. The Morgan fingerprint density at radius 2 is 1.97 bits per heavy atom. The summed E-state index contributed by atoms with van der Waals surface area (Å²) in [4.78, 5) is 43.5. The van der Waals surface area contributed by atoms with Gasteiger partial charge in [-0.25, -0.2) is 9.78 Å². The minimum absolute atomic E-state index is 0.220. The second kappa shape index (κ2) is 9.18. The fourth-order valence-electron chi connectivity index (χ4n) is 3.03. The molecule has 2 heterocycles. The van der Waals surface area contributed by atoms with Gasteiger partial charge < -0.3 is 9.64 Å². The SMILES string of the molecule is C=C(C)[C@H](C(=O)OC(C)(C)C)N1C(=O)/C(=C/C(C)=O)[C@H]1SSc1nc2ccccc2s1. The van der Waals surface area contributed by atoms with Crippen LogP contribution in [0.4, 0.5) is 0 Å². The number of rotatable bonds is 7. The monoisotopic (exact) mass is 476 g/mol. The Morgan fingerprint density at radius 3 is 2.55 bits per heavy atom. The topological polar surface area (TPSA) is 76.6 Å². The molecular weight excluding hydrogens is 452 g/mol. The standard InChI is InChI=1S/C22H24N2O4S3/c1-12(2)17(20(27)28-22(4,5)6)24-18(26)14(11-13(3)25)19(24)30-31-21-23-15-9-7-8-10-16(15)29-21/h7-11,17,19H,1H2,2-6H3/b14-11-/t17-,19-/m1/s1. The number of ketones is 1. The number of fused-ring (bicyclic) bond motifs is 1. The Morgan fingerprint density at radius 1 is 1.29 bits per heavy atom. The Hall–Kier alpha value is -2.10. The summed E-state index contributed by atoms with van der Waals surface area (Å²) < 4.78 is 7.43. The van der Waals surface area contributed by atoms with Crippen LogP contribution in [-0.4, -0.2) is 44.6 Å². The lowest BCUT2D eigenvalue weighted by Gasteiger charge is -2.45. The molecule has 3 rings (SSSR count). The van der Waals surface area contributed by atoms with Crippen molar-refractivity contribution >= 4 is 60.8 Å². The van der Waals surface area contributed by atoms with E-state index in [2.05, 4.69) is 11.6 Å². The molecule has 0 radical (unpaired) electrons. The molecular formula is C22H24N2O4S3. The first kappa shape index (κ1) is 23.6. The van der Waals surface area contributed by atoms with E-state index in [1.807, 2.05) is 24.3 Å². The summed E-state index contributed by atoms with van der Waals surface area (Å²) in [5, 5.41) is -0.498. The molecule has 9 heteroatoms. The van der Waals surface area contributed by atoms with Crippen LogP contribution in [-0.2, 0) is 19.1 Å². The second-order valence-corrected chi connectivity index (χ2v) is 11.7. The first-order valence-electron chi connectivity index (χ1n) is 9.60. The lowest BCUT2D eigenvalue weighted by Crippen LogP contribution is -2.61. The smallest absolute Gasteiger partial charge is 0.333 e. The van der Waals surface area contributed by atoms with Crippen LogP contribution in [0.25, 0.3) is 10.2 Å². The van der Waals surface area contributed by atoms with E-state index in [1.165, 1.54) is 39.5 Å². The molecule has 1 aromatic carbocycles. The fraction of sp³-hybridized carbons (Fsp3) is 0.364. The molecule has 1 fully saturated rings. The van der Waals surface area contributed by atoms with Crippen LogP contribution >= 0.6 is 32.9 Å². The molecule has 2 aromatic rings. The highest BCUT2D eigenvalue weighted by atomic mass is 33.1. The third-order valence-electron chi connectivity index (χ3n) is 4.22. The molecule has 0 spiro atoms. The molecule has 1 amide bonds. The molecule has 0 saturated carbocycles. The van der Waals surface area contributed by atoms with Gasteiger partial charge >= 0.3 is 5.97 Å². The zero-order chi connectivity index (χ0) is 22.9. The van der Waals surface area contributed by atoms with E-state index in [0.29, 0.717) is 11.1 Å². The lowest BCUT2D eigenvalue weighted by atomic mass is 9.97. The maximum Gasteiger partial charge on any atom is 0.333 e. The summed E-state index contributed by atoms with van der Waals surface area (Å²) in [5.74, 6) is -1.12. The van der Waals surface area contributed by atoms with E-state index in [-0.39, 0.29) is 11.7 Å². The number of nitrogens with zero attached hydrogens (tertiary/aromatic N) is 2. The van der Waals surface area contributed by atoms with Crippen LogP contribution < -0.4 is 0 Å². The zero-order valence-corrected chi connectivity index (χ0v) is 20.5. The van der Waals surface area contributed by atoms with Crippen molar-refractivity contribution in [3.63, 3.8) is 0 Å². The highest BCUT2D eigenvalue weighted by Crippen LogP contribution is 2.47. The highest BCUT2D eigenvalue weighted by Gasteiger charge is 2.50. The van der Waals surface area contributed by atoms with Crippen molar-refractivity contribution in [1.82, 2.24) is 9.88 Å². The number of benzene rings is 1. The summed E-state index contributed by atoms with van der Waals surface area (Å²) in [6.45, 7) is 12.3. The quantitative estimate of drug-likeness (QED) is 0.183. The molecule has 1 aliphatic rings. The minimum atomic E-state index is -0.927. The normalized spacial score (nSPS) is 18.7. The summed E-state index contributed by atoms with van der Waals surface area (Å²) in [6, 6.07) is 6.91. The Labute approximate surface area is 193 Å². The Bertz CT molecular complexity index is 1050. The molecule has 0 unspecified atom stereocenters.